The molecule has 0 aliphatic rings. The number of pyridine rings is 1. The van der Waals surface area contributed by atoms with Gasteiger partial charge in [-0.05, 0) is 18.6 Å². The van der Waals surface area contributed by atoms with E-state index in [1.165, 1.54) is 5.39 Å². The highest BCUT2D eigenvalue weighted by molar-refractivity contribution is 5.77. The van der Waals surface area contributed by atoms with Crippen molar-refractivity contribution in [3.05, 3.63) is 42.6 Å². The van der Waals surface area contributed by atoms with Crippen molar-refractivity contribution in [1.29, 1.82) is 0 Å². The number of aromatic nitrogens is 1. The van der Waals surface area contributed by atoms with Gasteiger partial charge in [-0.2, -0.15) is 0 Å². The first kappa shape index (κ1) is 10.7. The van der Waals surface area contributed by atoms with Gasteiger partial charge in [0.2, 0.25) is 0 Å². The molecule has 0 amide bonds. The van der Waals surface area contributed by atoms with Gasteiger partial charge in [0.15, 0.2) is 0 Å². The standard InChI is InChI=1S/C9H7N.C3H8O/c1-2-6-9-8(4-1)5-3-7-10-9;1-2-3-4/h1-7H;4H,2-3H2,1H3. The van der Waals surface area contributed by atoms with Crippen LogP contribution in [-0.2, 0) is 0 Å². The zero-order chi connectivity index (χ0) is 10.2. The second-order valence-electron chi connectivity index (χ2n) is 2.92. The summed E-state index contributed by atoms with van der Waals surface area (Å²) in [5.74, 6) is 0. The van der Waals surface area contributed by atoms with E-state index in [2.05, 4.69) is 17.1 Å². The van der Waals surface area contributed by atoms with Crippen LogP contribution < -0.4 is 0 Å². The van der Waals surface area contributed by atoms with E-state index in [0.717, 1.165) is 11.9 Å². The highest BCUT2D eigenvalue weighted by Gasteiger charge is 1.86. The molecule has 0 radical (unpaired) electrons. The molecule has 0 fully saturated rings. The molecule has 1 heterocycles. The summed E-state index contributed by atoms with van der Waals surface area (Å²) in [4.78, 5) is 4.18. The summed E-state index contributed by atoms with van der Waals surface area (Å²) in [6, 6.07) is 12.1. The molecule has 0 spiro atoms. The highest BCUT2D eigenvalue weighted by Crippen LogP contribution is 2.07. The lowest BCUT2D eigenvalue weighted by Gasteiger charge is -1.91. The maximum absolute atomic E-state index is 7.88. The van der Waals surface area contributed by atoms with Crippen LogP contribution in [0.2, 0.25) is 0 Å². The van der Waals surface area contributed by atoms with E-state index < -0.39 is 0 Å². The van der Waals surface area contributed by atoms with Crippen molar-refractivity contribution in [2.24, 2.45) is 0 Å². The van der Waals surface area contributed by atoms with Crippen molar-refractivity contribution in [1.82, 2.24) is 4.98 Å². The van der Waals surface area contributed by atoms with E-state index >= 15 is 0 Å². The largest absolute Gasteiger partial charge is 0.396 e. The molecule has 2 heteroatoms. The van der Waals surface area contributed by atoms with Gasteiger partial charge in [-0.25, -0.2) is 0 Å². The van der Waals surface area contributed by atoms with E-state index in [9.17, 15) is 0 Å². The van der Waals surface area contributed by atoms with Crippen LogP contribution in [0.1, 0.15) is 13.3 Å². The average molecular weight is 189 g/mol. The molecular formula is C12H15NO. The molecule has 14 heavy (non-hydrogen) atoms. The maximum atomic E-state index is 7.88. The summed E-state index contributed by atoms with van der Waals surface area (Å²) >= 11 is 0. The van der Waals surface area contributed by atoms with E-state index in [1.807, 2.05) is 37.4 Å². The number of hydrogen-bond acceptors (Lipinski definition) is 2. The van der Waals surface area contributed by atoms with Crippen molar-refractivity contribution < 1.29 is 5.11 Å². The van der Waals surface area contributed by atoms with Crippen LogP contribution in [0.4, 0.5) is 0 Å². The first-order valence-electron chi connectivity index (χ1n) is 4.79. The SMILES string of the molecule is CCCO.c1ccc2ncccc2c1. The fourth-order valence-electron chi connectivity index (χ4n) is 1.02. The monoisotopic (exact) mass is 189 g/mol. The molecule has 0 saturated heterocycles. The molecule has 1 aromatic heterocycles. The summed E-state index contributed by atoms with van der Waals surface area (Å²) in [7, 11) is 0. The van der Waals surface area contributed by atoms with Crippen molar-refractivity contribution >= 4 is 10.9 Å². The minimum absolute atomic E-state index is 0.319. The van der Waals surface area contributed by atoms with E-state index in [1.54, 1.807) is 0 Å². The zero-order valence-electron chi connectivity index (χ0n) is 8.35. The Morgan fingerprint density at radius 3 is 2.43 bits per heavy atom. The number of benzene rings is 1. The van der Waals surface area contributed by atoms with E-state index in [4.69, 9.17) is 5.11 Å². The molecule has 0 unspecified atom stereocenters. The Balaban J connectivity index is 0.000000213. The predicted molar refractivity (Wildman–Crippen MR) is 59.1 cm³/mol. The third-order valence-corrected chi connectivity index (χ3v) is 1.74. The topological polar surface area (TPSA) is 33.1 Å². The Kier molecular flexibility index (Phi) is 4.65. The number of rotatable bonds is 1. The Hall–Kier alpha value is -1.41. The molecule has 1 N–H and O–H groups in total. The highest BCUT2D eigenvalue weighted by atomic mass is 16.2. The van der Waals surface area contributed by atoms with Gasteiger partial charge in [-0.15, -0.1) is 0 Å². The smallest absolute Gasteiger partial charge is 0.0701 e. The maximum Gasteiger partial charge on any atom is 0.0701 e. The average Bonchev–Trinajstić information content (AvgIpc) is 2.30. The third-order valence-electron chi connectivity index (χ3n) is 1.74. The van der Waals surface area contributed by atoms with Crippen molar-refractivity contribution in [2.45, 2.75) is 13.3 Å². The van der Waals surface area contributed by atoms with Crippen LogP contribution in [0.3, 0.4) is 0 Å². The van der Waals surface area contributed by atoms with Crippen molar-refractivity contribution in [2.75, 3.05) is 6.61 Å². The number of aliphatic hydroxyl groups excluding tert-OH is 1. The lowest BCUT2D eigenvalue weighted by atomic mass is 10.2. The van der Waals surface area contributed by atoms with Gasteiger partial charge in [0.1, 0.15) is 0 Å². The number of para-hydroxylation sites is 1. The Bertz CT molecular complexity index is 306. The van der Waals surface area contributed by atoms with Gasteiger partial charge in [-0.1, -0.05) is 31.2 Å². The molecule has 74 valence electrons. The molecule has 0 bridgehead atoms. The van der Waals surface area contributed by atoms with Gasteiger partial charge in [0.05, 0.1) is 5.52 Å². The minimum atomic E-state index is 0.319. The summed E-state index contributed by atoms with van der Waals surface area (Å²) in [5, 5.41) is 9.07. The first-order valence-corrected chi connectivity index (χ1v) is 4.79. The fraction of sp³-hybridized carbons (Fsp3) is 0.250. The number of nitrogens with zero attached hydrogens (tertiary/aromatic N) is 1. The molecule has 1 aromatic carbocycles. The van der Waals surface area contributed by atoms with Crippen LogP contribution >= 0.6 is 0 Å². The molecule has 2 aromatic rings. The van der Waals surface area contributed by atoms with Crippen LogP contribution in [0, 0.1) is 0 Å². The molecule has 0 atom stereocenters. The third kappa shape index (κ3) is 3.15. The van der Waals surface area contributed by atoms with Crippen LogP contribution in [0.15, 0.2) is 42.6 Å². The second kappa shape index (κ2) is 6.11. The van der Waals surface area contributed by atoms with Gasteiger partial charge >= 0.3 is 0 Å². The van der Waals surface area contributed by atoms with Gasteiger partial charge in [0.25, 0.3) is 0 Å². The molecule has 0 saturated carbocycles. The molecule has 0 aliphatic heterocycles. The van der Waals surface area contributed by atoms with E-state index in [-0.39, 0.29) is 0 Å². The normalized spacial score (nSPS) is 9.29. The summed E-state index contributed by atoms with van der Waals surface area (Å²) in [5.41, 5.74) is 1.06. The fourth-order valence-corrected chi connectivity index (χ4v) is 1.02. The predicted octanol–water partition coefficient (Wildman–Crippen LogP) is 2.62. The van der Waals surface area contributed by atoms with Crippen LogP contribution in [0.5, 0.6) is 0 Å². The summed E-state index contributed by atoms with van der Waals surface area (Å²) in [6.45, 7) is 2.25. The number of fused-ring (bicyclic) bond motifs is 1. The zero-order valence-corrected chi connectivity index (χ0v) is 8.35. The van der Waals surface area contributed by atoms with Gasteiger partial charge in [0, 0.05) is 18.2 Å². The Labute approximate surface area is 84.2 Å². The van der Waals surface area contributed by atoms with E-state index in [0.29, 0.717) is 6.61 Å². The van der Waals surface area contributed by atoms with Gasteiger partial charge < -0.3 is 5.11 Å². The van der Waals surface area contributed by atoms with Crippen molar-refractivity contribution in [3.8, 4) is 0 Å². The number of hydrogen-bond donors (Lipinski definition) is 1. The van der Waals surface area contributed by atoms with Gasteiger partial charge in [-0.3, -0.25) is 4.98 Å². The summed E-state index contributed by atoms with van der Waals surface area (Å²) in [6.07, 6.45) is 2.68. The first-order chi connectivity index (χ1) is 6.88. The molecule has 0 aliphatic carbocycles. The lowest BCUT2D eigenvalue weighted by molar-refractivity contribution is 0.295. The van der Waals surface area contributed by atoms with Crippen LogP contribution in [0.25, 0.3) is 10.9 Å². The Morgan fingerprint density at radius 1 is 1.14 bits per heavy atom. The molecule has 2 rings (SSSR count). The molecule has 2 nitrogen and oxygen atoms in total. The lowest BCUT2D eigenvalue weighted by Crippen LogP contribution is -1.73. The minimum Gasteiger partial charge on any atom is -0.396 e. The quantitative estimate of drug-likeness (QED) is 0.748. The second-order valence-corrected chi connectivity index (χ2v) is 2.92. The van der Waals surface area contributed by atoms with Crippen LogP contribution in [-0.4, -0.2) is 16.7 Å². The van der Waals surface area contributed by atoms with Crippen molar-refractivity contribution in [3.63, 3.8) is 0 Å². The number of aliphatic hydroxyl groups is 1. The summed E-state index contributed by atoms with van der Waals surface area (Å²) < 4.78 is 0. The molecular weight excluding hydrogens is 174 g/mol. The Morgan fingerprint density at radius 2 is 1.79 bits per heavy atom.